The number of rotatable bonds is 7. The monoisotopic (exact) mass is 297 g/mol. The third-order valence-electron chi connectivity index (χ3n) is 3.48. The predicted octanol–water partition coefficient (Wildman–Crippen LogP) is 2.34. The molecule has 0 aliphatic rings. The number of aliphatic carboxylic acids is 1. The minimum absolute atomic E-state index is 0.524. The van der Waals surface area contributed by atoms with E-state index in [0.717, 1.165) is 22.1 Å². The fourth-order valence-corrected chi connectivity index (χ4v) is 2.91. The van der Waals surface area contributed by atoms with Crippen molar-refractivity contribution in [3.05, 3.63) is 17.0 Å². The summed E-state index contributed by atoms with van der Waals surface area (Å²) in [7, 11) is 0. The van der Waals surface area contributed by atoms with Gasteiger partial charge in [0.1, 0.15) is 5.54 Å². The molecule has 0 saturated heterocycles. The van der Waals surface area contributed by atoms with Crippen molar-refractivity contribution in [2.75, 3.05) is 12.3 Å². The first-order chi connectivity index (χ1) is 9.30. The maximum atomic E-state index is 11.3. The van der Waals surface area contributed by atoms with Crippen LogP contribution in [-0.2, 0) is 4.79 Å². The van der Waals surface area contributed by atoms with E-state index in [1.54, 1.807) is 6.92 Å². The lowest BCUT2D eigenvalue weighted by molar-refractivity contribution is -0.144. The van der Waals surface area contributed by atoms with E-state index in [9.17, 15) is 9.90 Å². The van der Waals surface area contributed by atoms with Crippen molar-refractivity contribution in [2.45, 2.75) is 51.7 Å². The predicted molar refractivity (Wildman–Crippen MR) is 81.3 cm³/mol. The summed E-state index contributed by atoms with van der Waals surface area (Å²) in [5.74, 6) is -0.158. The standard InChI is InChI=1S/C14H23N3O2S/c1-6-15-14(5,12(18)19)7-8-20-13-16-10(3)9(2)11(4)17-13/h15H,6-8H2,1-5H3,(H,18,19). The molecule has 0 saturated carbocycles. The van der Waals surface area contributed by atoms with Crippen LogP contribution < -0.4 is 5.32 Å². The summed E-state index contributed by atoms with van der Waals surface area (Å²) in [5, 5.41) is 13.0. The average Bonchev–Trinajstić information content (AvgIpc) is 2.36. The molecule has 1 rings (SSSR count). The van der Waals surface area contributed by atoms with Gasteiger partial charge in [0.25, 0.3) is 0 Å². The van der Waals surface area contributed by atoms with Gasteiger partial charge in [0.2, 0.25) is 0 Å². The molecule has 0 aliphatic carbocycles. The van der Waals surface area contributed by atoms with Crippen LogP contribution in [0, 0.1) is 20.8 Å². The van der Waals surface area contributed by atoms with Crippen molar-refractivity contribution in [3.8, 4) is 0 Å². The number of hydrogen-bond donors (Lipinski definition) is 2. The Morgan fingerprint density at radius 1 is 1.30 bits per heavy atom. The Hall–Kier alpha value is -1.14. The molecule has 2 N–H and O–H groups in total. The molecule has 0 bridgehead atoms. The first kappa shape index (κ1) is 16.9. The van der Waals surface area contributed by atoms with Gasteiger partial charge >= 0.3 is 5.97 Å². The largest absolute Gasteiger partial charge is 0.480 e. The third kappa shape index (κ3) is 4.18. The first-order valence-corrected chi connectivity index (χ1v) is 7.71. The molecule has 0 fully saturated rings. The van der Waals surface area contributed by atoms with Crippen LogP contribution in [0.25, 0.3) is 0 Å². The van der Waals surface area contributed by atoms with E-state index in [1.165, 1.54) is 11.8 Å². The molecular weight excluding hydrogens is 274 g/mol. The van der Waals surface area contributed by atoms with Crippen molar-refractivity contribution in [1.29, 1.82) is 0 Å². The van der Waals surface area contributed by atoms with Crippen LogP contribution in [0.4, 0.5) is 0 Å². The lowest BCUT2D eigenvalue weighted by Crippen LogP contribution is -2.49. The van der Waals surface area contributed by atoms with Crippen molar-refractivity contribution in [3.63, 3.8) is 0 Å². The van der Waals surface area contributed by atoms with E-state index in [2.05, 4.69) is 15.3 Å². The first-order valence-electron chi connectivity index (χ1n) is 6.73. The minimum Gasteiger partial charge on any atom is -0.480 e. The number of aromatic nitrogens is 2. The van der Waals surface area contributed by atoms with E-state index in [-0.39, 0.29) is 0 Å². The van der Waals surface area contributed by atoms with E-state index < -0.39 is 11.5 Å². The summed E-state index contributed by atoms with van der Waals surface area (Å²) < 4.78 is 0. The van der Waals surface area contributed by atoms with Crippen LogP contribution in [0.5, 0.6) is 0 Å². The minimum atomic E-state index is -0.892. The zero-order chi connectivity index (χ0) is 15.3. The number of nitrogens with one attached hydrogen (secondary N) is 1. The van der Waals surface area contributed by atoms with Crippen LogP contribution in [0.1, 0.15) is 37.2 Å². The van der Waals surface area contributed by atoms with Crippen LogP contribution in [-0.4, -0.2) is 38.9 Å². The van der Waals surface area contributed by atoms with E-state index in [4.69, 9.17) is 0 Å². The topological polar surface area (TPSA) is 75.1 Å². The highest BCUT2D eigenvalue weighted by molar-refractivity contribution is 7.99. The van der Waals surface area contributed by atoms with E-state index in [1.807, 2.05) is 27.7 Å². The Kier molecular flexibility index (Phi) is 5.95. The maximum absolute atomic E-state index is 11.3. The van der Waals surface area contributed by atoms with Crippen LogP contribution >= 0.6 is 11.8 Å². The van der Waals surface area contributed by atoms with Crippen LogP contribution in [0.3, 0.4) is 0 Å². The number of likely N-dealkylation sites (N-methyl/N-ethyl adjacent to an activating group) is 1. The summed E-state index contributed by atoms with van der Waals surface area (Å²) in [6, 6.07) is 0. The Labute approximate surface area is 124 Å². The van der Waals surface area contributed by atoms with Crippen molar-refractivity contribution < 1.29 is 9.90 Å². The molecule has 1 heterocycles. The van der Waals surface area contributed by atoms with E-state index in [0.29, 0.717) is 18.7 Å². The summed E-state index contributed by atoms with van der Waals surface area (Å²) in [5.41, 5.74) is 2.18. The molecule has 1 aromatic rings. The number of nitrogens with zero attached hydrogens (tertiary/aromatic N) is 2. The van der Waals surface area contributed by atoms with Gasteiger partial charge in [-0.1, -0.05) is 18.7 Å². The van der Waals surface area contributed by atoms with Gasteiger partial charge in [-0.25, -0.2) is 9.97 Å². The number of carbonyl (C=O) groups is 1. The van der Waals surface area contributed by atoms with Gasteiger partial charge in [-0.2, -0.15) is 0 Å². The summed E-state index contributed by atoms with van der Waals surface area (Å²) in [6.07, 6.45) is 0.524. The zero-order valence-electron chi connectivity index (χ0n) is 12.8. The highest BCUT2D eigenvalue weighted by atomic mass is 32.2. The van der Waals surface area contributed by atoms with Crippen molar-refractivity contribution in [2.24, 2.45) is 0 Å². The molecule has 6 heteroatoms. The molecule has 1 aromatic heterocycles. The van der Waals surface area contributed by atoms with Crippen molar-refractivity contribution >= 4 is 17.7 Å². The number of carboxylic acid groups (broad SMARTS) is 1. The lowest BCUT2D eigenvalue weighted by atomic mass is 9.99. The summed E-state index contributed by atoms with van der Waals surface area (Å²) >= 11 is 1.50. The highest BCUT2D eigenvalue weighted by Gasteiger charge is 2.31. The van der Waals surface area contributed by atoms with Gasteiger partial charge < -0.3 is 10.4 Å². The van der Waals surface area contributed by atoms with Crippen LogP contribution in [0.15, 0.2) is 5.16 Å². The molecule has 1 atom stereocenters. The number of carboxylic acids is 1. The van der Waals surface area contributed by atoms with Gasteiger partial charge in [-0.3, -0.25) is 4.79 Å². The average molecular weight is 297 g/mol. The lowest BCUT2D eigenvalue weighted by Gasteiger charge is -2.25. The molecule has 0 aliphatic heterocycles. The smallest absolute Gasteiger partial charge is 0.323 e. The van der Waals surface area contributed by atoms with Crippen LogP contribution in [0.2, 0.25) is 0 Å². The fourth-order valence-electron chi connectivity index (χ4n) is 1.81. The van der Waals surface area contributed by atoms with Crippen molar-refractivity contribution in [1.82, 2.24) is 15.3 Å². The molecule has 20 heavy (non-hydrogen) atoms. The maximum Gasteiger partial charge on any atom is 0.323 e. The molecule has 0 aromatic carbocycles. The number of thioether (sulfide) groups is 1. The quantitative estimate of drug-likeness (QED) is 0.594. The molecule has 0 radical (unpaired) electrons. The Balaban J connectivity index is 2.66. The highest BCUT2D eigenvalue weighted by Crippen LogP contribution is 2.21. The second-order valence-electron chi connectivity index (χ2n) is 5.07. The zero-order valence-corrected chi connectivity index (χ0v) is 13.6. The SMILES string of the molecule is CCNC(C)(CCSc1nc(C)c(C)c(C)n1)C(=O)O. The number of hydrogen-bond acceptors (Lipinski definition) is 5. The second-order valence-corrected chi connectivity index (χ2v) is 6.13. The summed E-state index contributed by atoms with van der Waals surface area (Å²) in [6.45, 7) is 10.2. The Morgan fingerprint density at radius 3 is 2.30 bits per heavy atom. The Bertz CT molecular complexity index is 470. The van der Waals surface area contributed by atoms with E-state index >= 15 is 0 Å². The Morgan fingerprint density at radius 2 is 1.85 bits per heavy atom. The van der Waals surface area contributed by atoms with Gasteiger partial charge in [-0.05, 0) is 46.2 Å². The molecule has 112 valence electrons. The molecule has 0 amide bonds. The molecular formula is C14H23N3O2S. The fraction of sp³-hybridized carbons (Fsp3) is 0.643. The second kappa shape index (κ2) is 7.04. The normalized spacial score (nSPS) is 14.1. The third-order valence-corrected chi connectivity index (χ3v) is 4.33. The van der Waals surface area contributed by atoms with Gasteiger partial charge in [0, 0.05) is 17.1 Å². The van der Waals surface area contributed by atoms with Gasteiger partial charge in [0.15, 0.2) is 5.16 Å². The van der Waals surface area contributed by atoms with Gasteiger partial charge in [0.05, 0.1) is 0 Å². The number of aryl methyl sites for hydroxylation is 2. The van der Waals surface area contributed by atoms with Gasteiger partial charge in [-0.15, -0.1) is 0 Å². The molecule has 0 spiro atoms. The summed E-state index contributed by atoms with van der Waals surface area (Å²) in [4.78, 5) is 20.2. The molecule has 5 nitrogen and oxygen atoms in total. The molecule has 1 unspecified atom stereocenters.